The van der Waals surface area contributed by atoms with Gasteiger partial charge in [0.1, 0.15) is 6.17 Å². The summed E-state index contributed by atoms with van der Waals surface area (Å²) in [7, 11) is 2.17. The molecule has 3 aromatic heterocycles. The first-order chi connectivity index (χ1) is 38.0. The van der Waals surface area contributed by atoms with E-state index in [1.807, 2.05) is 61.5 Å². The molecule has 0 spiro atoms. The van der Waals surface area contributed by atoms with Gasteiger partial charge in [0.25, 0.3) is 0 Å². The maximum Gasteiger partial charge on any atom is 0.160 e. The fourth-order valence-corrected chi connectivity index (χ4v) is 12.0. The van der Waals surface area contributed by atoms with Crippen molar-refractivity contribution in [2.75, 3.05) is 11.9 Å². The molecular weight excluding hydrogens is 943 g/mol. The van der Waals surface area contributed by atoms with E-state index in [-0.39, 0.29) is 23.9 Å². The summed E-state index contributed by atoms with van der Waals surface area (Å²) in [6, 6.07) is 55.0. The van der Waals surface area contributed by atoms with Crippen LogP contribution in [0.1, 0.15) is 78.6 Å². The van der Waals surface area contributed by atoms with Crippen LogP contribution < -0.4 is 10.6 Å². The summed E-state index contributed by atoms with van der Waals surface area (Å²) in [5, 5.41) is 4.81. The van der Waals surface area contributed by atoms with E-state index in [0.29, 0.717) is 5.82 Å². The zero-order chi connectivity index (χ0) is 51.8. The molecule has 6 heterocycles. The quantitative estimate of drug-likeness (QED) is 0.121. The Morgan fingerprint density at radius 1 is 0.688 bits per heavy atom. The third-order valence-electron chi connectivity index (χ3n) is 15.7. The number of hydrogen-bond donors (Lipinski definition) is 1. The van der Waals surface area contributed by atoms with Gasteiger partial charge in [-0.2, -0.15) is 0 Å². The Morgan fingerprint density at radius 3 is 2.26 bits per heavy atom. The minimum atomic E-state index is -0.275. The number of aromatic nitrogens is 4. The van der Waals surface area contributed by atoms with Gasteiger partial charge in [0, 0.05) is 107 Å². The van der Waals surface area contributed by atoms with Gasteiger partial charge in [-0.25, -0.2) is 9.97 Å². The van der Waals surface area contributed by atoms with Gasteiger partial charge in [-0.15, -0.1) is 0 Å². The Labute approximate surface area is 449 Å². The van der Waals surface area contributed by atoms with Crippen molar-refractivity contribution < 1.29 is 0 Å². The van der Waals surface area contributed by atoms with Crippen LogP contribution in [0.15, 0.2) is 241 Å². The Kier molecular flexibility index (Phi) is 12.6. The number of hydrogen-bond acceptors (Lipinski definition) is 9. The molecule has 0 fully saturated rings. The van der Waals surface area contributed by atoms with Crippen molar-refractivity contribution in [1.29, 1.82) is 0 Å². The molecule has 13 rings (SSSR count). The van der Waals surface area contributed by atoms with E-state index in [0.717, 1.165) is 81.9 Å². The Bertz CT molecular complexity index is 3960. The molecule has 3 aliphatic heterocycles. The van der Waals surface area contributed by atoms with Crippen molar-refractivity contribution in [2.24, 2.45) is 21.6 Å². The lowest BCUT2D eigenvalue weighted by molar-refractivity contribution is 0.284. The highest BCUT2D eigenvalue weighted by atomic mass is 15.2. The number of para-hydroxylation sites is 1. The minimum Gasteiger partial charge on any atom is -0.405 e. The summed E-state index contributed by atoms with van der Waals surface area (Å²) in [6.07, 6.45) is 27.5. The van der Waals surface area contributed by atoms with Crippen LogP contribution in [0.2, 0.25) is 0 Å². The van der Waals surface area contributed by atoms with Crippen molar-refractivity contribution in [3.63, 3.8) is 0 Å². The zero-order valence-corrected chi connectivity index (χ0v) is 43.2. The van der Waals surface area contributed by atoms with E-state index in [4.69, 9.17) is 20.7 Å². The van der Waals surface area contributed by atoms with Crippen LogP contribution in [0.4, 0.5) is 11.4 Å². The normalized spacial score (nSPS) is 18.2. The number of pyridine rings is 2. The molecule has 4 aliphatic rings. The predicted molar refractivity (Wildman–Crippen MR) is 316 cm³/mol. The molecule has 77 heavy (non-hydrogen) atoms. The standard InChI is InChI=1S/C68H57N9/c1-3-12-47(25-32-69)65-43-63(46-30-37-72-38-31-46)75-68(76(65)2)50-15-9-16-51(40-50)77-64-24-7-6-19-56(64)58-23-11-22-57(66(58)77)55-21-10-20-54-52-17-4-5-18-53(52)59(41-60(54)55)48-13-8-14-49(39-48)67-73-61(44-26-33-70-34-27-44)42-62(74-67)45-28-35-71-36-29-45/h4-11,13-22,24-28,30-43,45,47,58,68H,3,12,23,29,69H2,1-2H3/b32-25-. The average Bonchev–Trinajstić information content (AvgIpc) is 3.93. The molecule has 9 nitrogen and oxygen atoms in total. The molecule has 0 saturated heterocycles. The third kappa shape index (κ3) is 8.73. The Balaban J connectivity index is 0.950. The van der Waals surface area contributed by atoms with Crippen LogP contribution in [-0.4, -0.2) is 43.8 Å². The van der Waals surface area contributed by atoms with E-state index in [9.17, 15) is 0 Å². The zero-order valence-electron chi connectivity index (χ0n) is 43.2. The molecule has 0 radical (unpaired) electrons. The number of anilines is 2. The van der Waals surface area contributed by atoms with Gasteiger partial charge >= 0.3 is 0 Å². The summed E-state index contributed by atoms with van der Waals surface area (Å²) in [4.78, 5) is 33.8. The van der Waals surface area contributed by atoms with E-state index in [1.54, 1.807) is 6.20 Å². The second kappa shape index (κ2) is 20.4. The van der Waals surface area contributed by atoms with Crippen LogP contribution in [0.5, 0.6) is 0 Å². The molecule has 4 atom stereocenters. The van der Waals surface area contributed by atoms with Crippen LogP contribution in [0.25, 0.3) is 60.9 Å². The number of allylic oxidation sites excluding steroid dienone is 7. The fraction of sp³-hybridized carbons (Fsp3) is 0.147. The summed E-state index contributed by atoms with van der Waals surface area (Å²) in [5.41, 5.74) is 23.7. The maximum absolute atomic E-state index is 6.11. The molecule has 1 aliphatic carbocycles. The number of nitrogens with two attached hydrogens (primary N) is 1. The molecule has 0 saturated carbocycles. The number of rotatable bonds is 12. The molecular formula is C68H57N9. The van der Waals surface area contributed by atoms with Crippen LogP contribution in [0.3, 0.4) is 0 Å². The lowest BCUT2D eigenvalue weighted by atomic mass is 9.83. The second-order valence-corrected chi connectivity index (χ2v) is 20.3. The SMILES string of the molecule is CCCC(/C=C\N)C1=CC(c2ccncc2)=NC(c2cccc(N3C4=C(c5cccc6c5cc(-c5cccc(-c7nc(-c8ccncc8)cc(C8C=CN=CC8)n7)c5)c5ccccc56)C=CCC4c4ccccc43)c2)N1C. The van der Waals surface area contributed by atoms with Gasteiger partial charge in [0.15, 0.2) is 5.82 Å². The highest BCUT2D eigenvalue weighted by Gasteiger charge is 2.38. The Hall–Kier alpha value is -9.34. The molecule has 6 aromatic carbocycles. The summed E-state index contributed by atoms with van der Waals surface area (Å²) in [6.45, 7) is 2.23. The maximum atomic E-state index is 6.11. The van der Waals surface area contributed by atoms with Crippen LogP contribution in [-0.2, 0) is 0 Å². The van der Waals surface area contributed by atoms with E-state index in [2.05, 4.69) is 197 Å². The van der Waals surface area contributed by atoms with Crippen LogP contribution >= 0.6 is 0 Å². The predicted octanol–water partition coefficient (Wildman–Crippen LogP) is 15.5. The number of benzene rings is 6. The summed E-state index contributed by atoms with van der Waals surface area (Å²) >= 11 is 0. The molecule has 9 heteroatoms. The van der Waals surface area contributed by atoms with Crippen molar-refractivity contribution in [3.8, 4) is 33.8 Å². The third-order valence-corrected chi connectivity index (χ3v) is 15.7. The van der Waals surface area contributed by atoms with Crippen molar-refractivity contribution >= 4 is 50.4 Å². The monoisotopic (exact) mass is 999 g/mol. The highest BCUT2D eigenvalue weighted by Crippen LogP contribution is 2.55. The van der Waals surface area contributed by atoms with Gasteiger partial charge in [-0.05, 0) is 142 Å². The average molecular weight is 1000 g/mol. The van der Waals surface area contributed by atoms with E-state index < -0.39 is 0 Å². The molecule has 374 valence electrons. The van der Waals surface area contributed by atoms with Gasteiger partial charge in [0.05, 0.1) is 17.1 Å². The number of fused-ring (bicyclic) bond motifs is 6. The van der Waals surface area contributed by atoms with Crippen molar-refractivity contribution in [1.82, 2.24) is 24.8 Å². The van der Waals surface area contributed by atoms with E-state index in [1.165, 1.54) is 55.3 Å². The fourth-order valence-electron chi connectivity index (χ4n) is 12.0. The van der Waals surface area contributed by atoms with Gasteiger partial charge in [-0.1, -0.05) is 129 Å². The number of aliphatic imine (C=N–C) groups is 2. The lowest BCUT2D eigenvalue weighted by Gasteiger charge is -2.37. The van der Waals surface area contributed by atoms with Crippen molar-refractivity contribution in [2.45, 2.75) is 50.6 Å². The smallest absolute Gasteiger partial charge is 0.160 e. The Morgan fingerprint density at radius 2 is 1.44 bits per heavy atom. The topological polar surface area (TPSA) is 109 Å². The van der Waals surface area contributed by atoms with Gasteiger partial charge in [0.2, 0.25) is 0 Å². The molecule has 2 N–H and O–H groups in total. The first kappa shape index (κ1) is 47.4. The van der Waals surface area contributed by atoms with Crippen molar-refractivity contribution in [3.05, 3.63) is 259 Å². The lowest BCUT2D eigenvalue weighted by Crippen LogP contribution is -2.31. The highest BCUT2D eigenvalue weighted by molar-refractivity contribution is 6.17. The first-order valence-corrected chi connectivity index (χ1v) is 26.8. The number of nitrogens with zero attached hydrogens (tertiary/aromatic N) is 8. The van der Waals surface area contributed by atoms with E-state index >= 15 is 0 Å². The summed E-state index contributed by atoms with van der Waals surface area (Å²) < 4.78 is 0. The summed E-state index contributed by atoms with van der Waals surface area (Å²) in [5.74, 6) is 1.09. The first-order valence-electron chi connectivity index (χ1n) is 26.8. The molecule has 0 bridgehead atoms. The van der Waals surface area contributed by atoms with Gasteiger partial charge < -0.3 is 15.5 Å². The van der Waals surface area contributed by atoms with Crippen LogP contribution in [0, 0.1) is 5.92 Å². The molecule has 0 amide bonds. The largest absolute Gasteiger partial charge is 0.405 e. The second-order valence-electron chi connectivity index (χ2n) is 20.3. The minimum absolute atomic E-state index is 0.102. The van der Waals surface area contributed by atoms with Gasteiger partial charge in [-0.3, -0.25) is 20.0 Å². The molecule has 9 aromatic rings. The molecule has 4 unspecified atom stereocenters.